The molecule has 2 fully saturated rings. The highest BCUT2D eigenvalue weighted by Gasteiger charge is 2.69. The molecule has 1 aliphatic carbocycles. The normalized spacial score (nSPS) is 30.5. The standard InChI is InChI=1S/C25H28O7/c1-5-7-16-9-20-21(28-14-27-20)10-19(16)31-23(3,4)22-13-24-11-17(8-6-2)18(26)12-25(24,32-22)30-15-29-24/h5-6,9-11,22H,1-2,7-8,12-15H2,3-4H3. The van der Waals surface area contributed by atoms with Crippen molar-refractivity contribution >= 4 is 5.78 Å². The third kappa shape index (κ3) is 3.18. The highest BCUT2D eigenvalue weighted by atomic mass is 16.8. The third-order valence-electron chi connectivity index (χ3n) is 6.67. The number of hydrogen-bond acceptors (Lipinski definition) is 7. The second-order valence-electron chi connectivity index (χ2n) is 9.13. The molecule has 0 N–H and O–H groups in total. The van der Waals surface area contributed by atoms with Crippen LogP contribution < -0.4 is 14.2 Å². The zero-order chi connectivity index (χ0) is 22.6. The van der Waals surface area contributed by atoms with Gasteiger partial charge >= 0.3 is 0 Å². The van der Waals surface area contributed by atoms with E-state index in [0.29, 0.717) is 42.1 Å². The maximum absolute atomic E-state index is 12.7. The minimum Gasteiger partial charge on any atom is -0.485 e. The van der Waals surface area contributed by atoms with Crippen molar-refractivity contribution in [2.24, 2.45) is 0 Å². The molecule has 0 radical (unpaired) electrons. The first kappa shape index (κ1) is 21.2. The molecule has 0 amide bonds. The van der Waals surface area contributed by atoms with Gasteiger partial charge in [-0.1, -0.05) is 12.2 Å². The number of benzene rings is 1. The summed E-state index contributed by atoms with van der Waals surface area (Å²) >= 11 is 0. The average molecular weight is 440 g/mol. The van der Waals surface area contributed by atoms with E-state index in [1.165, 1.54) is 0 Å². The van der Waals surface area contributed by atoms with E-state index in [4.69, 9.17) is 28.4 Å². The Labute approximate surface area is 187 Å². The number of Topliss-reactive ketones (excluding diaryl/α,β-unsaturated/α-hetero) is 1. The number of rotatable bonds is 7. The predicted molar refractivity (Wildman–Crippen MR) is 116 cm³/mol. The molecule has 3 atom stereocenters. The molecule has 5 rings (SSSR count). The van der Waals surface area contributed by atoms with Crippen molar-refractivity contribution < 1.29 is 33.2 Å². The minimum absolute atomic E-state index is 0.00515. The maximum atomic E-state index is 12.7. The Hall–Kier alpha value is -2.61. The van der Waals surface area contributed by atoms with Crippen molar-refractivity contribution in [2.45, 2.75) is 62.6 Å². The molecule has 2 saturated heterocycles. The molecule has 3 aliphatic heterocycles. The number of allylic oxidation sites excluding steroid dienone is 3. The van der Waals surface area contributed by atoms with Crippen LogP contribution in [0.1, 0.15) is 38.7 Å². The highest BCUT2D eigenvalue weighted by molar-refractivity contribution is 5.98. The summed E-state index contributed by atoms with van der Waals surface area (Å²) in [5, 5.41) is 0. The van der Waals surface area contributed by atoms with E-state index in [9.17, 15) is 4.79 Å². The summed E-state index contributed by atoms with van der Waals surface area (Å²) < 4.78 is 36.0. The summed E-state index contributed by atoms with van der Waals surface area (Å²) in [6.07, 6.45) is 6.79. The topological polar surface area (TPSA) is 72.5 Å². The monoisotopic (exact) mass is 440 g/mol. The second-order valence-corrected chi connectivity index (χ2v) is 9.13. The minimum atomic E-state index is -1.13. The lowest BCUT2D eigenvalue weighted by Gasteiger charge is -2.37. The lowest BCUT2D eigenvalue weighted by Crippen LogP contribution is -2.51. The van der Waals surface area contributed by atoms with Gasteiger partial charge in [0.05, 0.1) is 6.42 Å². The molecule has 7 nitrogen and oxygen atoms in total. The molecule has 3 unspecified atom stereocenters. The highest BCUT2D eigenvalue weighted by Crippen LogP contribution is 2.55. The van der Waals surface area contributed by atoms with Gasteiger partial charge in [0, 0.05) is 18.1 Å². The van der Waals surface area contributed by atoms with Crippen LogP contribution in [0, 0.1) is 0 Å². The Balaban J connectivity index is 1.45. The Morgan fingerprint density at radius 3 is 2.62 bits per heavy atom. The summed E-state index contributed by atoms with van der Waals surface area (Å²) in [7, 11) is 0. The van der Waals surface area contributed by atoms with Gasteiger partial charge in [0.1, 0.15) is 23.1 Å². The van der Waals surface area contributed by atoms with E-state index in [1.807, 2.05) is 38.1 Å². The van der Waals surface area contributed by atoms with Crippen LogP contribution in [-0.2, 0) is 25.4 Å². The van der Waals surface area contributed by atoms with Crippen LogP contribution in [0.2, 0.25) is 0 Å². The van der Waals surface area contributed by atoms with Gasteiger partial charge in [-0.05, 0) is 44.4 Å². The molecule has 0 bridgehead atoms. The number of hydrogen-bond donors (Lipinski definition) is 0. The lowest BCUT2D eigenvalue weighted by atomic mass is 9.77. The van der Waals surface area contributed by atoms with E-state index < -0.39 is 17.0 Å². The quantitative estimate of drug-likeness (QED) is 0.594. The van der Waals surface area contributed by atoms with Gasteiger partial charge < -0.3 is 28.4 Å². The fourth-order valence-corrected chi connectivity index (χ4v) is 4.94. The number of carbonyl (C=O) groups is 1. The van der Waals surface area contributed by atoms with E-state index >= 15 is 0 Å². The molecule has 3 heterocycles. The summed E-state index contributed by atoms with van der Waals surface area (Å²) in [4.78, 5) is 12.7. The van der Waals surface area contributed by atoms with E-state index in [-0.39, 0.29) is 31.9 Å². The molecule has 0 aromatic heterocycles. The van der Waals surface area contributed by atoms with Crippen molar-refractivity contribution in [3.8, 4) is 17.2 Å². The van der Waals surface area contributed by atoms with Crippen molar-refractivity contribution in [1.29, 1.82) is 0 Å². The maximum Gasteiger partial charge on any atom is 0.231 e. The summed E-state index contributed by atoms with van der Waals surface area (Å²) in [6, 6.07) is 3.77. The fourth-order valence-electron chi connectivity index (χ4n) is 4.94. The smallest absolute Gasteiger partial charge is 0.231 e. The largest absolute Gasteiger partial charge is 0.485 e. The molecule has 0 saturated carbocycles. The van der Waals surface area contributed by atoms with Crippen molar-refractivity contribution in [2.75, 3.05) is 13.6 Å². The zero-order valence-corrected chi connectivity index (χ0v) is 18.5. The Morgan fingerprint density at radius 2 is 1.88 bits per heavy atom. The van der Waals surface area contributed by atoms with Crippen LogP contribution in [0.5, 0.6) is 17.2 Å². The van der Waals surface area contributed by atoms with E-state index in [1.54, 1.807) is 6.08 Å². The molecule has 7 heteroatoms. The van der Waals surface area contributed by atoms with Crippen molar-refractivity contribution in [3.63, 3.8) is 0 Å². The van der Waals surface area contributed by atoms with Gasteiger partial charge in [-0.15, -0.1) is 13.2 Å². The molecular formula is C25H28O7. The van der Waals surface area contributed by atoms with E-state index in [0.717, 1.165) is 5.56 Å². The summed E-state index contributed by atoms with van der Waals surface area (Å²) in [5.41, 5.74) is 0.0670. The van der Waals surface area contributed by atoms with Crippen LogP contribution in [0.25, 0.3) is 0 Å². The van der Waals surface area contributed by atoms with Gasteiger partial charge in [0.15, 0.2) is 24.1 Å². The van der Waals surface area contributed by atoms with Gasteiger partial charge in [-0.25, -0.2) is 0 Å². The van der Waals surface area contributed by atoms with Crippen LogP contribution in [-0.4, -0.2) is 42.5 Å². The first-order valence-corrected chi connectivity index (χ1v) is 10.9. The van der Waals surface area contributed by atoms with Gasteiger partial charge in [-0.3, -0.25) is 4.79 Å². The Kier molecular flexibility index (Phi) is 4.96. The molecule has 1 aromatic rings. The lowest BCUT2D eigenvalue weighted by molar-refractivity contribution is -0.235. The molecule has 32 heavy (non-hydrogen) atoms. The molecular weight excluding hydrogens is 412 g/mol. The molecule has 0 spiro atoms. The van der Waals surface area contributed by atoms with Gasteiger partial charge in [0.25, 0.3) is 0 Å². The van der Waals surface area contributed by atoms with E-state index in [2.05, 4.69) is 13.2 Å². The van der Waals surface area contributed by atoms with Crippen LogP contribution in [0.3, 0.4) is 0 Å². The second kappa shape index (κ2) is 7.47. The number of carbonyl (C=O) groups excluding carboxylic acids is 1. The van der Waals surface area contributed by atoms with Crippen LogP contribution >= 0.6 is 0 Å². The average Bonchev–Trinajstić information content (AvgIpc) is 3.40. The first-order chi connectivity index (χ1) is 15.3. The molecule has 170 valence electrons. The summed E-state index contributed by atoms with van der Waals surface area (Å²) in [5.74, 6) is 0.891. The van der Waals surface area contributed by atoms with Crippen LogP contribution in [0.4, 0.5) is 0 Å². The van der Waals surface area contributed by atoms with Gasteiger partial charge in [-0.2, -0.15) is 0 Å². The first-order valence-electron chi connectivity index (χ1n) is 10.9. The number of ketones is 1. The van der Waals surface area contributed by atoms with Crippen molar-refractivity contribution in [1.82, 2.24) is 0 Å². The Morgan fingerprint density at radius 1 is 1.12 bits per heavy atom. The SMILES string of the molecule is C=CCC1=CC23CC(C(C)(C)Oc4cc5c(cc4CC=C)OCO5)OC2(CC1=O)OCO3. The third-order valence-corrected chi connectivity index (χ3v) is 6.67. The zero-order valence-electron chi connectivity index (χ0n) is 18.5. The Bertz CT molecular complexity index is 1010. The van der Waals surface area contributed by atoms with Gasteiger partial charge in [0.2, 0.25) is 12.6 Å². The fraction of sp³-hybridized carbons (Fsp3) is 0.480. The van der Waals surface area contributed by atoms with Crippen molar-refractivity contribution in [3.05, 3.63) is 54.7 Å². The molecule has 4 aliphatic rings. The van der Waals surface area contributed by atoms with Crippen LogP contribution in [0.15, 0.2) is 49.1 Å². The predicted octanol–water partition coefficient (Wildman–Crippen LogP) is 4.00. The number of ether oxygens (including phenoxy) is 6. The molecule has 1 aromatic carbocycles. The summed E-state index contributed by atoms with van der Waals surface area (Å²) in [6.45, 7) is 11.8. The number of fused-ring (bicyclic) bond motifs is 1.